The standard InChI is InChI=1S/C14H13ClN2O2S2/c1-9-6-7-20-13(9)14(19)17-16-12(18)8-21-11-4-2-10(15)3-5-11/h2-7H,8H2,1H3,(H,16,18)(H,17,19). The van der Waals surface area contributed by atoms with Gasteiger partial charge in [0.05, 0.1) is 10.6 Å². The summed E-state index contributed by atoms with van der Waals surface area (Å²) in [7, 11) is 0. The number of hydrazine groups is 1. The zero-order valence-electron chi connectivity index (χ0n) is 11.2. The normalized spacial score (nSPS) is 10.2. The molecule has 1 aromatic carbocycles. The molecule has 2 rings (SSSR count). The highest BCUT2D eigenvalue weighted by Gasteiger charge is 2.11. The van der Waals surface area contributed by atoms with Gasteiger partial charge in [-0.2, -0.15) is 0 Å². The first-order chi connectivity index (χ1) is 10.1. The quantitative estimate of drug-likeness (QED) is 0.663. The maximum atomic E-state index is 11.8. The minimum absolute atomic E-state index is 0.214. The van der Waals surface area contributed by atoms with Crippen LogP contribution in [0.5, 0.6) is 0 Å². The summed E-state index contributed by atoms with van der Waals surface area (Å²) in [5.41, 5.74) is 5.70. The van der Waals surface area contributed by atoms with Crippen LogP contribution in [0.4, 0.5) is 0 Å². The van der Waals surface area contributed by atoms with Crippen LogP contribution in [0.1, 0.15) is 15.2 Å². The third-order valence-electron chi connectivity index (χ3n) is 2.57. The van der Waals surface area contributed by atoms with Crippen LogP contribution >= 0.6 is 34.7 Å². The van der Waals surface area contributed by atoms with E-state index in [2.05, 4.69) is 10.9 Å². The Labute approximate surface area is 135 Å². The minimum atomic E-state index is -0.299. The number of hydrogen-bond acceptors (Lipinski definition) is 4. The van der Waals surface area contributed by atoms with Crippen molar-refractivity contribution in [2.75, 3.05) is 5.75 Å². The van der Waals surface area contributed by atoms with E-state index in [1.165, 1.54) is 23.1 Å². The summed E-state index contributed by atoms with van der Waals surface area (Å²) >= 11 is 8.50. The second-order valence-corrected chi connectivity index (χ2v) is 6.58. The Kier molecular flexibility index (Phi) is 5.67. The zero-order valence-corrected chi connectivity index (χ0v) is 13.6. The number of carbonyl (C=O) groups is 2. The van der Waals surface area contributed by atoms with Gasteiger partial charge in [0.25, 0.3) is 5.91 Å². The van der Waals surface area contributed by atoms with Crippen molar-refractivity contribution in [2.45, 2.75) is 11.8 Å². The molecule has 0 radical (unpaired) electrons. The summed E-state index contributed by atoms with van der Waals surface area (Å²) in [4.78, 5) is 25.0. The summed E-state index contributed by atoms with van der Waals surface area (Å²) in [6.07, 6.45) is 0. The van der Waals surface area contributed by atoms with E-state index in [4.69, 9.17) is 11.6 Å². The first-order valence-corrected chi connectivity index (χ1v) is 8.32. The van der Waals surface area contributed by atoms with E-state index in [0.717, 1.165) is 10.5 Å². The van der Waals surface area contributed by atoms with Crippen molar-refractivity contribution >= 4 is 46.5 Å². The maximum absolute atomic E-state index is 11.8. The molecule has 7 heteroatoms. The molecule has 0 unspecified atom stereocenters. The predicted octanol–water partition coefficient (Wildman–Crippen LogP) is 3.26. The van der Waals surface area contributed by atoms with Crippen LogP contribution < -0.4 is 10.9 Å². The van der Waals surface area contributed by atoms with E-state index in [1.54, 1.807) is 12.1 Å². The van der Waals surface area contributed by atoms with Crippen molar-refractivity contribution in [3.05, 3.63) is 51.2 Å². The third-order valence-corrected chi connectivity index (χ3v) is 4.85. The minimum Gasteiger partial charge on any atom is -0.272 e. The summed E-state index contributed by atoms with van der Waals surface area (Å²) < 4.78 is 0. The molecule has 2 N–H and O–H groups in total. The molecule has 1 heterocycles. The molecule has 0 fully saturated rings. The average molecular weight is 341 g/mol. The van der Waals surface area contributed by atoms with Gasteiger partial charge in [0.1, 0.15) is 0 Å². The van der Waals surface area contributed by atoms with E-state index in [9.17, 15) is 9.59 Å². The third kappa shape index (κ3) is 4.77. The van der Waals surface area contributed by atoms with Crippen molar-refractivity contribution < 1.29 is 9.59 Å². The van der Waals surface area contributed by atoms with Gasteiger partial charge < -0.3 is 0 Å². The van der Waals surface area contributed by atoms with Crippen LogP contribution in [0, 0.1) is 6.92 Å². The van der Waals surface area contributed by atoms with Gasteiger partial charge in [-0.25, -0.2) is 0 Å². The Bertz CT molecular complexity index is 641. The highest BCUT2D eigenvalue weighted by atomic mass is 35.5. The number of halogens is 1. The summed E-state index contributed by atoms with van der Waals surface area (Å²) in [5, 5.41) is 2.49. The lowest BCUT2D eigenvalue weighted by Gasteiger charge is -2.07. The van der Waals surface area contributed by atoms with E-state index in [1.807, 2.05) is 30.5 Å². The molecule has 4 nitrogen and oxygen atoms in total. The summed E-state index contributed by atoms with van der Waals surface area (Å²) in [6, 6.07) is 9.08. The summed E-state index contributed by atoms with van der Waals surface area (Å²) in [5.74, 6) is -0.351. The number of carbonyl (C=O) groups excluding carboxylic acids is 2. The number of thioether (sulfide) groups is 1. The first-order valence-electron chi connectivity index (χ1n) is 6.08. The van der Waals surface area contributed by atoms with Gasteiger partial charge in [0.15, 0.2) is 0 Å². The molecule has 0 aliphatic carbocycles. The fraction of sp³-hybridized carbons (Fsp3) is 0.143. The van der Waals surface area contributed by atoms with Crippen LogP contribution in [0.2, 0.25) is 5.02 Å². The lowest BCUT2D eigenvalue weighted by Crippen LogP contribution is -2.42. The molecular weight excluding hydrogens is 328 g/mol. The van der Waals surface area contributed by atoms with Crippen LogP contribution in [0.15, 0.2) is 40.6 Å². The van der Waals surface area contributed by atoms with Gasteiger partial charge in [0, 0.05) is 9.92 Å². The second kappa shape index (κ2) is 7.49. The Morgan fingerprint density at radius 1 is 1.19 bits per heavy atom. The lowest BCUT2D eigenvalue weighted by molar-refractivity contribution is -0.119. The van der Waals surface area contributed by atoms with Gasteiger partial charge in [-0.15, -0.1) is 23.1 Å². The van der Waals surface area contributed by atoms with Crippen molar-refractivity contribution in [3.8, 4) is 0 Å². The molecule has 1 aromatic heterocycles. The fourth-order valence-electron chi connectivity index (χ4n) is 1.50. The first kappa shape index (κ1) is 15.9. The Morgan fingerprint density at radius 2 is 1.90 bits per heavy atom. The van der Waals surface area contributed by atoms with Gasteiger partial charge in [-0.3, -0.25) is 20.4 Å². The molecule has 0 atom stereocenters. The Balaban J connectivity index is 1.76. The maximum Gasteiger partial charge on any atom is 0.280 e. The van der Waals surface area contributed by atoms with Crippen molar-refractivity contribution in [3.63, 3.8) is 0 Å². The molecular formula is C14H13ClN2O2S2. The van der Waals surface area contributed by atoms with Gasteiger partial charge in [-0.1, -0.05) is 11.6 Å². The molecule has 0 saturated carbocycles. The highest BCUT2D eigenvalue weighted by Crippen LogP contribution is 2.20. The van der Waals surface area contributed by atoms with Gasteiger partial charge in [-0.05, 0) is 48.2 Å². The molecule has 0 aliphatic heterocycles. The van der Waals surface area contributed by atoms with Gasteiger partial charge in [0.2, 0.25) is 5.91 Å². The van der Waals surface area contributed by atoms with Crippen molar-refractivity contribution in [1.82, 2.24) is 10.9 Å². The Morgan fingerprint density at radius 3 is 2.52 bits per heavy atom. The van der Waals surface area contributed by atoms with E-state index in [0.29, 0.717) is 9.90 Å². The molecule has 110 valence electrons. The Hall–Kier alpha value is -1.50. The number of amides is 2. The SMILES string of the molecule is Cc1ccsc1C(=O)NNC(=O)CSc1ccc(Cl)cc1. The second-order valence-electron chi connectivity index (χ2n) is 4.18. The molecule has 0 saturated heterocycles. The van der Waals surface area contributed by atoms with E-state index in [-0.39, 0.29) is 17.6 Å². The van der Waals surface area contributed by atoms with E-state index >= 15 is 0 Å². The number of benzene rings is 1. The van der Waals surface area contributed by atoms with Gasteiger partial charge >= 0.3 is 0 Å². The molecule has 21 heavy (non-hydrogen) atoms. The molecule has 0 spiro atoms. The summed E-state index contributed by atoms with van der Waals surface area (Å²) in [6.45, 7) is 1.85. The number of nitrogens with one attached hydrogen (secondary N) is 2. The van der Waals surface area contributed by atoms with Crippen LogP contribution in [-0.2, 0) is 4.79 Å². The van der Waals surface area contributed by atoms with Crippen LogP contribution in [0.25, 0.3) is 0 Å². The number of aryl methyl sites for hydroxylation is 1. The van der Waals surface area contributed by atoms with Crippen molar-refractivity contribution in [2.24, 2.45) is 0 Å². The number of thiophene rings is 1. The zero-order chi connectivity index (χ0) is 15.2. The molecule has 2 aromatic rings. The number of rotatable bonds is 4. The van der Waals surface area contributed by atoms with Crippen LogP contribution in [-0.4, -0.2) is 17.6 Å². The fourth-order valence-corrected chi connectivity index (χ4v) is 3.15. The monoisotopic (exact) mass is 340 g/mol. The highest BCUT2D eigenvalue weighted by molar-refractivity contribution is 8.00. The largest absolute Gasteiger partial charge is 0.280 e. The molecule has 0 aliphatic rings. The lowest BCUT2D eigenvalue weighted by atomic mass is 10.3. The topological polar surface area (TPSA) is 58.2 Å². The molecule has 2 amide bonds. The van der Waals surface area contributed by atoms with Crippen molar-refractivity contribution in [1.29, 1.82) is 0 Å². The number of hydrogen-bond donors (Lipinski definition) is 2. The predicted molar refractivity (Wildman–Crippen MR) is 86.8 cm³/mol. The van der Waals surface area contributed by atoms with Crippen LogP contribution in [0.3, 0.4) is 0 Å². The average Bonchev–Trinajstić information content (AvgIpc) is 2.90. The smallest absolute Gasteiger partial charge is 0.272 e. The molecule has 0 bridgehead atoms. The van der Waals surface area contributed by atoms with E-state index < -0.39 is 0 Å².